The molecule has 0 aliphatic rings. The van der Waals surface area contributed by atoms with Crippen molar-refractivity contribution in [2.45, 2.75) is 12.1 Å². The summed E-state index contributed by atoms with van der Waals surface area (Å²) < 4.78 is 36.6. The Hall–Kier alpha value is -1.54. The monoisotopic (exact) mass is 214 g/mol. The van der Waals surface area contributed by atoms with Crippen LogP contribution >= 0.6 is 0 Å². The summed E-state index contributed by atoms with van der Waals surface area (Å²) in [4.78, 5) is 0. The molecule has 2 nitrogen and oxygen atoms in total. The zero-order chi connectivity index (χ0) is 11.5. The van der Waals surface area contributed by atoms with Gasteiger partial charge in [-0.25, -0.2) is 0 Å². The minimum atomic E-state index is -4.34. The zero-order valence-electron chi connectivity index (χ0n) is 7.75. The van der Waals surface area contributed by atoms with Gasteiger partial charge < -0.3 is 5.73 Å². The maximum absolute atomic E-state index is 12.2. The quantitative estimate of drug-likeness (QED) is 0.820. The lowest BCUT2D eigenvalue weighted by Gasteiger charge is -2.09. The van der Waals surface area contributed by atoms with E-state index in [1.807, 2.05) is 6.07 Å². The van der Waals surface area contributed by atoms with Crippen molar-refractivity contribution in [3.63, 3.8) is 0 Å². The van der Waals surface area contributed by atoms with Crippen molar-refractivity contribution in [3.8, 4) is 6.07 Å². The largest absolute Gasteiger partial charge is 0.416 e. The third kappa shape index (κ3) is 2.70. The predicted molar refractivity (Wildman–Crippen MR) is 48.9 cm³/mol. The van der Waals surface area contributed by atoms with Crippen LogP contribution in [0.25, 0.3) is 0 Å². The van der Waals surface area contributed by atoms with Gasteiger partial charge in [0.2, 0.25) is 0 Å². The van der Waals surface area contributed by atoms with Crippen molar-refractivity contribution < 1.29 is 13.2 Å². The van der Waals surface area contributed by atoms with E-state index in [0.717, 1.165) is 12.1 Å². The first kappa shape index (κ1) is 11.5. The van der Waals surface area contributed by atoms with E-state index in [9.17, 15) is 13.2 Å². The van der Waals surface area contributed by atoms with Crippen LogP contribution in [0.15, 0.2) is 24.3 Å². The van der Waals surface area contributed by atoms with Gasteiger partial charge in [-0.2, -0.15) is 18.4 Å². The number of halogens is 3. The van der Waals surface area contributed by atoms with Crippen LogP contribution in [-0.4, -0.2) is 6.54 Å². The highest BCUT2D eigenvalue weighted by atomic mass is 19.4. The molecule has 0 radical (unpaired) electrons. The molecule has 0 aliphatic heterocycles. The maximum Gasteiger partial charge on any atom is 0.416 e. The Kier molecular flexibility index (Phi) is 3.32. The summed E-state index contributed by atoms with van der Waals surface area (Å²) in [6.07, 6.45) is -4.34. The summed E-state index contributed by atoms with van der Waals surface area (Å²) in [5.41, 5.74) is 5.08. The van der Waals surface area contributed by atoms with Crippen LogP contribution in [0.2, 0.25) is 0 Å². The van der Waals surface area contributed by atoms with Gasteiger partial charge >= 0.3 is 6.18 Å². The second-order valence-corrected chi connectivity index (χ2v) is 3.04. The molecule has 5 heteroatoms. The molecule has 0 aromatic heterocycles. The fourth-order valence-electron chi connectivity index (χ4n) is 1.17. The number of hydrogen-bond acceptors (Lipinski definition) is 2. The number of nitrogens with zero attached hydrogens (tertiary/aromatic N) is 1. The molecule has 1 aromatic carbocycles. The van der Waals surface area contributed by atoms with Crippen molar-refractivity contribution in [2.75, 3.05) is 6.54 Å². The summed E-state index contributed by atoms with van der Waals surface area (Å²) in [7, 11) is 0. The number of benzene rings is 1. The second kappa shape index (κ2) is 4.32. The van der Waals surface area contributed by atoms with Crippen LogP contribution in [0.4, 0.5) is 13.2 Å². The number of alkyl halides is 3. The van der Waals surface area contributed by atoms with E-state index in [0.29, 0.717) is 5.56 Å². The molecule has 1 unspecified atom stereocenters. The van der Waals surface area contributed by atoms with E-state index in [1.54, 1.807) is 0 Å². The van der Waals surface area contributed by atoms with Gasteiger partial charge in [0, 0.05) is 6.54 Å². The van der Waals surface area contributed by atoms with Crippen LogP contribution in [0.5, 0.6) is 0 Å². The Morgan fingerprint density at radius 2 is 1.80 bits per heavy atom. The number of nitriles is 1. The van der Waals surface area contributed by atoms with Crippen molar-refractivity contribution in [2.24, 2.45) is 5.73 Å². The molecule has 0 heterocycles. The van der Waals surface area contributed by atoms with Gasteiger partial charge in [0.25, 0.3) is 0 Å². The van der Waals surface area contributed by atoms with Gasteiger partial charge in [-0.15, -0.1) is 0 Å². The van der Waals surface area contributed by atoms with E-state index < -0.39 is 17.7 Å². The van der Waals surface area contributed by atoms with Crippen molar-refractivity contribution in [1.82, 2.24) is 0 Å². The number of rotatable bonds is 2. The van der Waals surface area contributed by atoms with Crippen LogP contribution < -0.4 is 5.73 Å². The lowest BCUT2D eigenvalue weighted by atomic mass is 9.99. The molecule has 0 spiro atoms. The molecule has 0 amide bonds. The van der Waals surface area contributed by atoms with Gasteiger partial charge in [0.15, 0.2) is 0 Å². The third-order valence-electron chi connectivity index (χ3n) is 2.03. The van der Waals surface area contributed by atoms with Crippen LogP contribution in [-0.2, 0) is 6.18 Å². The summed E-state index contributed by atoms with van der Waals surface area (Å²) in [6.45, 7) is 0.0991. The molecular formula is C10H9F3N2. The van der Waals surface area contributed by atoms with Crippen LogP contribution in [0, 0.1) is 11.3 Å². The molecule has 0 fully saturated rings. The minimum absolute atomic E-state index is 0.0991. The fraction of sp³-hybridized carbons (Fsp3) is 0.300. The molecule has 0 saturated carbocycles. The average molecular weight is 214 g/mol. The zero-order valence-corrected chi connectivity index (χ0v) is 7.75. The van der Waals surface area contributed by atoms with E-state index in [-0.39, 0.29) is 6.54 Å². The highest BCUT2D eigenvalue weighted by molar-refractivity contribution is 5.30. The summed E-state index contributed by atoms with van der Waals surface area (Å²) >= 11 is 0. The SMILES string of the molecule is N#CC(CN)c1ccc(C(F)(F)F)cc1. The smallest absolute Gasteiger partial charge is 0.329 e. The molecule has 1 atom stereocenters. The molecular weight excluding hydrogens is 205 g/mol. The molecule has 0 saturated heterocycles. The summed E-state index contributed by atoms with van der Waals surface area (Å²) in [5, 5.41) is 8.66. The van der Waals surface area contributed by atoms with E-state index >= 15 is 0 Å². The van der Waals surface area contributed by atoms with E-state index in [4.69, 9.17) is 11.0 Å². The Morgan fingerprint density at radius 1 is 1.27 bits per heavy atom. The third-order valence-corrected chi connectivity index (χ3v) is 2.03. The maximum atomic E-state index is 12.2. The van der Waals surface area contributed by atoms with Crippen molar-refractivity contribution in [3.05, 3.63) is 35.4 Å². The van der Waals surface area contributed by atoms with Gasteiger partial charge in [0.1, 0.15) is 0 Å². The van der Waals surface area contributed by atoms with Crippen LogP contribution in [0.3, 0.4) is 0 Å². The molecule has 1 aromatic rings. The van der Waals surface area contributed by atoms with Gasteiger partial charge in [-0.3, -0.25) is 0 Å². The fourth-order valence-corrected chi connectivity index (χ4v) is 1.17. The van der Waals surface area contributed by atoms with E-state index in [2.05, 4.69) is 0 Å². The van der Waals surface area contributed by atoms with Crippen molar-refractivity contribution >= 4 is 0 Å². The Balaban J connectivity index is 2.96. The Labute approximate surface area is 85.1 Å². The normalized spacial score (nSPS) is 13.3. The Bertz CT molecular complexity index is 362. The molecule has 0 bridgehead atoms. The highest BCUT2D eigenvalue weighted by Crippen LogP contribution is 2.29. The predicted octanol–water partition coefficient (Wildman–Crippen LogP) is 2.27. The second-order valence-electron chi connectivity index (χ2n) is 3.04. The Morgan fingerprint density at radius 3 is 2.13 bits per heavy atom. The first-order valence-corrected chi connectivity index (χ1v) is 4.26. The lowest BCUT2D eigenvalue weighted by molar-refractivity contribution is -0.137. The van der Waals surface area contributed by atoms with Gasteiger partial charge in [-0.05, 0) is 17.7 Å². The molecule has 15 heavy (non-hydrogen) atoms. The minimum Gasteiger partial charge on any atom is -0.329 e. The number of nitrogens with two attached hydrogens (primary N) is 1. The standard InChI is InChI=1S/C10H9F3N2/c11-10(12,13)9-3-1-7(2-4-9)8(5-14)6-15/h1-4,8H,5,14H2. The summed E-state index contributed by atoms with van der Waals surface area (Å²) in [6, 6.07) is 6.39. The molecule has 80 valence electrons. The molecule has 1 rings (SSSR count). The van der Waals surface area contributed by atoms with E-state index in [1.165, 1.54) is 12.1 Å². The van der Waals surface area contributed by atoms with Gasteiger partial charge in [0.05, 0.1) is 17.6 Å². The van der Waals surface area contributed by atoms with Gasteiger partial charge in [-0.1, -0.05) is 12.1 Å². The topological polar surface area (TPSA) is 49.8 Å². The first-order chi connectivity index (χ1) is 6.99. The average Bonchev–Trinajstić information content (AvgIpc) is 2.19. The first-order valence-electron chi connectivity index (χ1n) is 4.26. The van der Waals surface area contributed by atoms with Crippen LogP contribution in [0.1, 0.15) is 17.0 Å². The molecule has 0 aliphatic carbocycles. The summed E-state index contributed by atoms with van der Waals surface area (Å²) in [5.74, 6) is -0.549. The van der Waals surface area contributed by atoms with Crippen molar-refractivity contribution in [1.29, 1.82) is 5.26 Å². The molecule has 2 N–H and O–H groups in total. The highest BCUT2D eigenvalue weighted by Gasteiger charge is 2.30. The number of hydrogen-bond donors (Lipinski definition) is 1. The lowest BCUT2D eigenvalue weighted by Crippen LogP contribution is -2.11.